The molecule has 1 aromatic carbocycles. The molecular formula is C19H20FN3O2. The Morgan fingerprint density at radius 3 is 2.64 bits per heavy atom. The first kappa shape index (κ1) is 17.1. The number of primary amides is 1. The summed E-state index contributed by atoms with van der Waals surface area (Å²) in [6, 6.07) is 5.99. The van der Waals surface area contributed by atoms with E-state index in [0.29, 0.717) is 17.5 Å². The van der Waals surface area contributed by atoms with Gasteiger partial charge in [-0.05, 0) is 62.1 Å². The molecule has 0 bridgehead atoms. The zero-order valence-electron chi connectivity index (χ0n) is 14.4. The van der Waals surface area contributed by atoms with Crippen LogP contribution in [0.1, 0.15) is 57.4 Å². The van der Waals surface area contributed by atoms with E-state index < -0.39 is 5.91 Å². The summed E-state index contributed by atoms with van der Waals surface area (Å²) in [4.78, 5) is 30.2. The first-order chi connectivity index (χ1) is 11.8. The van der Waals surface area contributed by atoms with Crippen molar-refractivity contribution in [2.75, 3.05) is 0 Å². The van der Waals surface area contributed by atoms with Crippen LogP contribution in [0.15, 0.2) is 30.5 Å². The molecule has 0 spiro atoms. The topological polar surface area (TPSA) is 76.3 Å². The number of aryl methyl sites for hydroxylation is 1. The number of amides is 2. The highest BCUT2D eigenvalue weighted by Crippen LogP contribution is 2.34. The van der Waals surface area contributed by atoms with Crippen LogP contribution in [-0.4, -0.2) is 27.7 Å². The average molecular weight is 341 g/mol. The van der Waals surface area contributed by atoms with Crippen molar-refractivity contribution < 1.29 is 14.0 Å². The molecular weight excluding hydrogens is 321 g/mol. The molecule has 6 heteroatoms. The van der Waals surface area contributed by atoms with E-state index in [2.05, 4.69) is 4.98 Å². The lowest BCUT2D eigenvalue weighted by molar-refractivity contribution is 0.0573. The lowest BCUT2D eigenvalue weighted by atomic mass is 9.89. The van der Waals surface area contributed by atoms with Crippen molar-refractivity contribution in [1.29, 1.82) is 0 Å². The van der Waals surface area contributed by atoms with E-state index in [9.17, 15) is 14.0 Å². The van der Waals surface area contributed by atoms with Gasteiger partial charge in [-0.3, -0.25) is 14.6 Å². The maximum atomic E-state index is 13.5. The molecule has 0 saturated carbocycles. The smallest absolute Gasteiger partial charge is 0.273 e. The summed E-state index contributed by atoms with van der Waals surface area (Å²) in [5, 5.41) is 0. The Hall–Kier alpha value is -2.76. The molecule has 1 aromatic heterocycles. The molecule has 2 amide bonds. The molecule has 5 nitrogen and oxygen atoms in total. The molecule has 1 aliphatic heterocycles. The first-order valence-corrected chi connectivity index (χ1v) is 8.17. The Kier molecular flexibility index (Phi) is 4.29. The maximum Gasteiger partial charge on any atom is 0.273 e. The van der Waals surface area contributed by atoms with E-state index >= 15 is 0 Å². The fourth-order valence-electron chi connectivity index (χ4n) is 3.55. The lowest BCUT2D eigenvalue weighted by Crippen LogP contribution is -2.45. The van der Waals surface area contributed by atoms with Crippen LogP contribution in [0.2, 0.25) is 0 Å². The molecule has 0 fully saturated rings. The Bertz CT molecular complexity index is 866. The van der Waals surface area contributed by atoms with Gasteiger partial charge >= 0.3 is 0 Å². The SMILES string of the molecule is Cc1cc(C(=O)N2C(C)Cc3cc(F)ccc3C2C)ncc1C(N)=O. The van der Waals surface area contributed by atoms with E-state index in [1.807, 2.05) is 13.8 Å². The van der Waals surface area contributed by atoms with Gasteiger partial charge in [-0.1, -0.05) is 6.07 Å². The number of halogens is 1. The summed E-state index contributed by atoms with van der Waals surface area (Å²) in [7, 11) is 0. The maximum absolute atomic E-state index is 13.5. The van der Waals surface area contributed by atoms with Crippen LogP contribution in [0.3, 0.4) is 0 Å². The number of fused-ring (bicyclic) bond motifs is 1. The third-order valence-electron chi connectivity index (χ3n) is 4.79. The van der Waals surface area contributed by atoms with E-state index in [1.54, 1.807) is 24.0 Å². The van der Waals surface area contributed by atoms with Gasteiger partial charge < -0.3 is 10.6 Å². The Balaban J connectivity index is 1.96. The molecule has 1 aliphatic rings. The second kappa shape index (κ2) is 6.27. The van der Waals surface area contributed by atoms with Crippen LogP contribution in [0.4, 0.5) is 4.39 Å². The van der Waals surface area contributed by atoms with E-state index in [4.69, 9.17) is 5.73 Å². The molecule has 2 N–H and O–H groups in total. The zero-order valence-corrected chi connectivity index (χ0v) is 14.4. The number of pyridine rings is 1. The fourth-order valence-corrected chi connectivity index (χ4v) is 3.55. The molecule has 3 rings (SSSR count). The van der Waals surface area contributed by atoms with Gasteiger partial charge in [0.15, 0.2) is 0 Å². The second-order valence-electron chi connectivity index (χ2n) is 6.53. The normalized spacial score (nSPS) is 19.4. The molecule has 2 aromatic rings. The number of rotatable bonds is 2. The molecule has 0 aliphatic carbocycles. The van der Waals surface area contributed by atoms with E-state index in [-0.39, 0.29) is 29.5 Å². The summed E-state index contributed by atoms with van der Waals surface area (Å²) < 4.78 is 13.5. The standard InChI is InChI=1S/C19H20FN3O2/c1-10-6-17(22-9-16(10)18(21)24)19(25)23-11(2)7-13-8-14(20)4-5-15(13)12(23)3/h4-6,8-9,11-12H,7H2,1-3H3,(H2,21,24). The molecule has 130 valence electrons. The van der Waals surface area contributed by atoms with Crippen LogP contribution in [0, 0.1) is 12.7 Å². The highest BCUT2D eigenvalue weighted by atomic mass is 19.1. The van der Waals surface area contributed by atoms with Crippen molar-refractivity contribution in [2.24, 2.45) is 5.73 Å². The van der Waals surface area contributed by atoms with Gasteiger partial charge in [0, 0.05) is 12.2 Å². The van der Waals surface area contributed by atoms with Gasteiger partial charge in [0.2, 0.25) is 0 Å². The Labute approximate surface area is 145 Å². The quantitative estimate of drug-likeness (QED) is 0.912. The van der Waals surface area contributed by atoms with E-state index in [1.165, 1.54) is 18.3 Å². The predicted molar refractivity (Wildman–Crippen MR) is 91.6 cm³/mol. The molecule has 0 saturated heterocycles. The predicted octanol–water partition coefficient (Wildman–Crippen LogP) is 2.78. The van der Waals surface area contributed by atoms with Crippen LogP contribution in [-0.2, 0) is 6.42 Å². The van der Waals surface area contributed by atoms with Crippen LogP contribution < -0.4 is 5.73 Å². The third kappa shape index (κ3) is 2.99. The van der Waals surface area contributed by atoms with Crippen LogP contribution in [0.5, 0.6) is 0 Å². The first-order valence-electron chi connectivity index (χ1n) is 8.17. The van der Waals surface area contributed by atoms with E-state index in [0.717, 1.165) is 11.1 Å². The number of hydrogen-bond acceptors (Lipinski definition) is 3. The summed E-state index contributed by atoms with van der Waals surface area (Å²) >= 11 is 0. The molecule has 2 unspecified atom stereocenters. The number of carbonyl (C=O) groups is 2. The Morgan fingerprint density at radius 2 is 2.00 bits per heavy atom. The van der Waals surface area contributed by atoms with Gasteiger partial charge in [0.1, 0.15) is 11.5 Å². The van der Waals surface area contributed by atoms with Crippen LogP contribution in [0.25, 0.3) is 0 Å². The van der Waals surface area contributed by atoms with Gasteiger partial charge in [0.05, 0.1) is 11.6 Å². The number of nitrogens with zero attached hydrogens (tertiary/aromatic N) is 2. The number of nitrogens with two attached hydrogens (primary N) is 1. The number of hydrogen-bond donors (Lipinski definition) is 1. The summed E-state index contributed by atoms with van der Waals surface area (Å²) in [5.41, 5.74) is 8.35. The average Bonchev–Trinajstić information content (AvgIpc) is 2.53. The fraction of sp³-hybridized carbons (Fsp3) is 0.316. The van der Waals surface area contributed by atoms with Gasteiger partial charge in [-0.2, -0.15) is 0 Å². The van der Waals surface area contributed by atoms with Gasteiger partial charge in [-0.15, -0.1) is 0 Å². The van der Waals surface area contributed by atoms with Crippen LogP contribution >= 0.6 is 0 Å². The summed E-state index contributed by atoms with van der Waals surface area (Å²) in [6.07, 6.45) is 1.93. The Morgan fingerprint density at radius 1 is 1.28 bits per heavy atom. The molecule has 2 atom stereocenters. The molecule has 0 radical (unpaired) electrons. The third-order valence-corrected chi connectivity index (χ3v) is 4.79. The summed E-state index contributed by atoms with van der Waals surface area (Å²) in [5.74, 6) is -1.05. The number of benzene rings is 1. The van der Waals surface area contributed by atoms with Crippen molar-refractivity contribution >= 4 is 11.8 Å². The van der Waals surface area contributed by atoms with Crippen molar-refractivity contribution in [1.82, 2.24) is 9.88 Å². The second-order valence-corrected chi connectivity index (χ2v) is 6.53. The number of aromatic nitrogens is 1. The minimum Gasteiger partial charge on any atom is -0.366 e. The van der Waals surface area contributed by atoms with Gasteiger partial charge in [0.25, 0.3) is 11.8 Å². The highest BCUT2D eigenvalue weighted by Gasteiger charge is 2.34. The highest BCUT2D eigenvalue weighted by molar-refractivity contribution is 5.97. The minimum absolute atomic E-state index is 0.0882. The monoisotopic (exact) mass is 341 g/mol. The molecule has 25 heavy (non-hydrogen) atoms. The lowest BCUT2D eigenvalue weighted by Gasteiger charge is -2.40. The van der Waals surface area contributed by atoms with Crippen molar-refractivity contribution in [3.63, 3.8) is 0 Å². The van der Waals surface area contributed by atoms with Crippen molar-refractivity contribution in [3.05, 3.63) is 64.2 Å². The van der Waals surface area contributed by atoms with Crippen molar-refractivity contribution in [2.45, 2.75) is 39.3 Å². The van der Waals surface area contributed by atoms with Gasteiger partial charge in [-0.25, -0.2) is 4.39 Å². The zero-order chi connectivity index (χ0) is 18.3. The largest absolute Gasteiger partial charge is 0.366 e. The van der Waals surface area contributed by atoms with Crippen molar-refractivity contribution in [3.8, 4) is 0 Å². The minimum atomic E-state index is -0.570. The molecule has 2 heterocycles. The summed E-state index contributed by atoms with van der Waals surface area (Å²) in [6.45, 7) is 5.58. The number of carbonyl (C=O) groups excluding carboxylic acids is 2.